The molecular formula is C11H18BrIN2O3Si. The van der Waals surface area contributed by atoms with Crippen LogP contribution >= 0.6 is 38.5 Å². The van der Waals surface area contributed by atoms with E-state index in [2.05, 4.69) is 68.0 Å². The molecule has 0 amide bonds. The lowest BCUT2D eigenvalue weighted by atomic mass is 10.4. The summed E-state index contributed by atoms with van der Waals surface area (Å²) in [6.07, 6.45) is 0. The molecule has 0 atom stereocenters. The van der Waals surface area contributed by atoms with Gasteiger partial charge in [0, 0.05) is 14.7 Å². The zero-order chi connectivity index (χ0) is 14.6. The molecule has 19 heavy (non-hydrogen) atoms. The maximum absolute atomic E-state index is 11.5. The Morgan fingerprint density at radius 3 is 2.63 bits per heavy atom. The molecular weight excluding hydrogens is 443 g/mol. The van der Waals surface area contributed by atoms with Crippen molar-refractivity contribution in [1.29, 1.82) is 0 Å². The van der Waals surface area contributed by atoms with Gasteiger partial charge in [-0.3, -0.25) is 0 Å². The van der Waals surface area contributed by atoms with Crippen LogP contribution in [0.4, 0.5) is 0 Å². The van der Waals surface area contributed by atoms with Crippen LogP contribution in [-0.2, 0) is 16.2 Å². The van der Waals surface area contributed by atoms with Crippen molar-refractivity contribution in [2.24, 2.45) is 0 Å². The Labute approximate surface area is 136 Å². The van der Waals surface area contributed by atoms with Crippen molar-refractivity contribution in [3.05, 3.63) is 13.9 Å². The van der Waals surface area contributed by atoms with E-state index >= 15 is 0 Å². The molecule has 0 aliphatic carbocycles. The molecule has 0 aliphatic rings. The molecule has 1 aromatic heterocycles. The van der Waals surface area contributed by atoms with Gasteiger partial charge in [-0.05, 0) is 44.6 Å². The summed E-state index contributed by atoms with van der Waals surface area (Å²) in [5.41, 5.74) is 0.278. The molecule has 0 N–H and O–H groups in total. The highest BCUT2D eigenvalue weighted by Crippen LogP contribution is 2.24. The summed E-state index contributed by atoms with van der Waals surface area (Å²) in [6.45, 7) is 7.98. The summed E-state index contributed by atoms with van der Waals surface area (Å²) in [7, 11) is 0.260. The SMILES string of the molecule is COC(=O)c1nn(COCC[Si](C)(C)C)c(I)c1Br. The molecule has 108 valence electrons. The predicted molar refractivity (Wildman–Crippen MR) is 88.1 cm³/mol. The molecule has 0 fully saturated rings. The largest absolute Gasteiger partial charge is 0.464 e. The average Bonchev–Trinajstić information content (AvgIpc) is 2.60. The van der Waals surface area contributed by atoms with Crippen molar-refractivity contribution in [2.45, 2.75) is 32.4 Å². The Morgan fingerprint density at radius 1 is 1.47 bits per heavy atom. The Morgan fingerprint density at radius 2 is 2.11 bits per heavy atom. The molecule has 0 spiro atoms. The van der Waals surface area contributed by atoms with Crippen molar-refractivity contribution in [3.63, 3.8) is 0 Å². The van der Waals surface area contributed by atoms with Gasteiger partial charge < -0.3 is 9.47 Å². The Bertz CT molecular complexity index is 460. The molecule has 8 heteroatoms. The third kappa shape index (κ3) is 5.16. The standard InChI is InChI=1S/C11H18BrIN2O3Si/c1-17-11(16)9-8(12)10(13)15(14-9)7-18-5-6-19(2,3)4/h5-7H2,1-4H3. The molecule has 0 radical (unpaired) electrons. The third-order valence-corrected chi connectivity index (χ3v) is 6.72. The summed E-state index contributed by atoms with van der Waals surface area (Å²) in [6, 6.07) is 1.11. The minimum atomic E-state index is -1.08. The second-order valence-corrected chi connectivity index (χ2v) is 12.7. The average molecular weight is 461 g/mol. The first-order valence-corrected chi connectivity index (χ1v) is 11.4. The Kier molecular flexibility index (Phi) is 6.47. The number of halogens is 2. The molecule has 0 bridgehead atoms. The maximum Gasteiger partial charge on any atom is 0.359 e. The second kappa shape index (κ2) is 7.18. The third-order valence-electron chi connectivity index (χ3n) is 2.43. The van der Waals surface area contributed by atoms with Crippen molar-refractivity contribution in [2.75, 3.05) is 13.7 Å². The van der Waals surface area contributed by atoms with Gasteiger partial charge in [-0.2, -0.15) is 5.10 Å². The number of carbonyl (C=O) groups is 1. The van der Waals surface area contributed by atoms with E-state index in [9.17, 15) is 4.79 Å². The zero-order valence-corrected chi connectivity index (χ0v) is 16.2. The van der Waals surface area contributed by atoms with Gasteiger partial charge in [-0.1, -0.05) is 19.6 Å². The minimum Gasteiger partial charge on any atom is -0.464 e. The lowest BCUT2D eigenvalue weighted by molar-refractivity contribution is 0.0581. The van der Waals surface area contributed by atoms with Gasteiger partial charge in [-0.15, -0.1) is 0 Å². The lowest BCUT2D eigenvalue weighted by Gasteiger charge is -2.15. The van der Waals surface area contributed by atoms with Crippen LogP contribution in [0, 0.1) is 3.70 Å². The van der Waals surface area contributed by atoms with Crippen LogP contribution in [0.15, 0.2) is 4.47 Å². The van der Waals surface area contributed by atoms with Gasteiger partial charge in [0.05, 0.1) is 11.6 Å². The van der Waals surface area contributed by atoms with Crippen molar-refractivity contribution in [3.8, 4) is 0 Å². The predicted octanol–water partition coefficient (Wildman–Crippen LogP) is 3.35. The topological polar surface area (TPSA) is 53.3 Å². The van der Waals surface area contributed by atoms with Crippen molar-refractivity contribution < 1.29 is 14.3 Å². The molecule has 1 heterocycles. The van der Waals surface area contributed by atoms with Crippen LogP contribution < -0.4 is 0 Å². The van der Waals surface area contributed by atoms with Crippen LogP contribution in [0.1, 0.15) is 10.5 Å². The number of aromatic nitrogens is 2. The normalized spacial score (nSPS) is 11.7. The summed E-state index contributed by atoms with van der Waals surface area (Å²) < 4.78 is 13.4. The van der Waals surface area contributed by atoms with Gasteiger partial charge in [0.1, 0.15) is 10.4 Å². The lowest BCUT2D eigenvalue weighted by Crippen LogP contribution is -2.22. The number of rotatable bonds is 6. The smallest absolute Gasteiger partial charge is 0.359 e. The highest BCUT2D eigenvalue weighted by atomic mass is 127. The van der Waals surface area contributed by atoms with E-state index in [1.807, 2.05) is 0 Å². The van der Waals surface area contributed by atoms with E-state index in [1.54, 1.807) is 4.68 Å². The fourth-order valence-corrected chi connectivity index (χ4v) is 2.97. The van der Waals surface area contributed by atoms with E-state index in [-0.39, 0.29) is 5.69 Å². The number of hydrogen-bond acceptors (Lipinski definition) is 4. The number of esters is 1. The number of carbonyl (C=O) groups excluding carboxylic acids is 1. The van der Waals surface area contributed by atoms with Crippen LogP contribution in [0.5, 0.6) is 0 Å². The zero-order valence-electron chi connectivity index (χ0n) is 11.5. The molecule has 1 rings (SSSR count). The number of ether oxygens (including phenoxy) is 2. The van der Waals surface area contributed by atoms with Gasteiger partial charge >= 0.3 is 5.97 Å². The van der Waals surface area contributed by atoms with Crippen molar-refractivity contribution >= 4 is 52.6 Å². The van der Waals surface area contributed by atoms with E-state index in [4.69, 9.17) is 4.74 Å². The maximum atomic E-state index is 11.5. The first-order chi connectivity index (χ1) is 8.76. The van der Waals surface area contributed by atoms with E-state index in [1.165, 1.54) is 7.11 Å². The molecule has 0 aromatic carbocycles. The van der Waals surface area contributed by atoms with Gasteiger partial charge in [0.25, 0.3) is 0 Å². The van der Waals surface area contributed by atoms with Gasteiger partial charge in [0.15, 0.2) is 5.69 Å². The van der Waals surface area contributed by atoms with Crippen LogP contribution in [0.2, 0.25) is 25.7 Å². The fourth-order valence-electron chi connectivity index (χ4n) is 1.26. The first-order valence-electron chi connectivity index (χ1n) is 5.84. The first kappa shape index (κ1) is 17.1. The van der Waals surface area contributed by atoms with Crippen LogP contribution in [-0.4, -0.2) is 37.5 Å². The number of nitrogens with zero attached hydrogens (tertiary/aromatic N) is 2. The van der Waals surface area contributed by atoms with E-state index in [0.717, 1.165) is 16.4 Å². The highest BCUT2D eigenvalue weighted by molar-refractivity contribution is 14.1. The Balaban J connectivity index is 2.62. The summed E-state index contributed by atoms with van der Waals surface area (Å²) >= 11 is 5.46. The van der Waals surface area contributed by atoms with Crippen LogP contribution in [0.3, 0.4) is 0 Å². The summed E-state index contributed by atoms with van der Waals surface area (Å²) in [5.74, 6) is -0.453. The van der Waals surface area contributed by atoms with Gasteiger partial charge in [-0.25, -0.2) is 9.48 Å². The number of hydrogen-bond donors (Lipinski definition) is 0. The fraction of sp³-hybridized carbons (Fsp3) is 0.636. The van der Waals surface area contributed by atoms with Crippen LogP contribution in [0.25, 0.3) is 0 Å². The molecule has 1 aromatic rings. The number of methoxy groups -OCH3 is 1. The molecule has 0 aliphatic heterocycles. The molecule has 0 saturated heterocycles. The van der Waals surface area contributed by atoms with E-state index in [0.29, 0.717) is 11.2 Å². The molecule has 5 nitrogen and oxygen atoms in total. The molecule has 0 unspecified atom stereocenters. The second-order valence-electron chi connectivity index (χ2n) is 5.29. The Hall–Kier alpha value is 0.0669. The van der Waals surface area contributed by atoms with Crippen molar-refractivity contribution in [1.82, 2.24) is 9.78 Å². The quantitative estimate of drug-likeness (QED) is 0.282. The molecule has 0 saturated carbocycles. The van der Waals surface area contributed by atoms with E-state index < -0.39 is 14.0 Å². The summed E-state index contributed by atoms with van der Waals surface area (Å²) in [5, 5.41) is 4.19. The highest BCUT2D eigenvalue weighted by Gasteiger charge is 2.20. The minimum absolute atomic E-state index is 0.278. The van der Waals surface area contributed by atoms with Gasteiger partial charge in [0.2, 0.25) is 0 Å². The summed E-state index contributed by atoms with van der Waals surface area (Å²) in [4.78, 5) is 11.5. The monoisotopic (exact) mass is 460 g/mol.